The molecule has 0 aliphatic heterocycles. The normalized spacial score (nSPS) is 11.7. The van der Waals surface area contributed by atoms with E-state index < -0.39 is 18.1 Å². The lowest BCUT2D eigenvalue weighted by Gasteiger charge is -2.14. The average Bonchev–Trinajstić information content (AvgIpc) is 2.62. The number of urea groups is 1. The van der Waals surface area contributed by atoms with Gasteiger partial charge in [0.05, 0.1) is 13.3 Å². The molecule has 2 aromatic carbocycles. The summed E-state index contributed by atoms with van der Waals surface area (Å²) in [5.74, 6) is -0.432. The molecule has 9 heteroatoms. The lowest BCUT2D eigenvalue weighted by Crippen LogP contribution is -2.24. The minimum atomic E-state index is -1.08. The van der Waals surface area contributed by atoms with Crippen LogP contribution in [0.5, 0.6) is 11.5 Å². The molecule has 0 bridgehead atoms. The zero-order chi connectivity index (χ0) is 19.8. The van der Waals surface area contributed by atoms with Crippen LogP contribution in [-0.4, -0.2) is 36.5 Å². The maximum absolute atomic E-state index is 11.8. The first-order valence-electron chi connectivity index (χ1n) is 7.82. The number of carboxylic acids is 1. The number of rotatable bonds is 7. The Morgan fingerprint density at radius 1 is 1.22 bits per heavy atom. The Bertz CT molecular complexity index is 857. The van der Waals surface area contributed by atoms with Crippen molar-refractivity contribution in [1.82, 2.24) is 5.43 Å². The molecule has 142 valence electrons. The van der Waals surface area contributed by atoms with Gasteiger partial charge in [0.1, 0.15) is 0 Å². The van der Waals surface area contributed by atoms with Gasteiger partial charge in [-0.25, -0.2) is 15.0 Å². The molecule has 0 fully saturated rings. The summed E-state index contributed by atoms with van der Waals surface area (Å²) < 4.78 is 11.4. The number of benzene rings is 2. The van der Waals surface area contributed by atoms with Crippen molar-refractivity contribution in [2.45, 2.75) is 13.0 Å². The van der Waals surface area contributed by atoms with Gasteiger partial charge >= 0.3 is 12.0 Å². The standard InChI is InChI=1S/C18H18BrN3O5/c1-11(17(23)24)27-15-7-6-12(8-16(15)26-2)10-20-22-18(25)21-14-5-3-4-13(19)9-14/h3-11H,1-2H3,(H,23,24)(H2,21,22,25)/b20-10+/t11-/m1/s1. The van der Waals surface area contributed by atoms with Crippen LogP contribution in [0.15, 0.2) is 52.0 Å². The number of hydrazone groups is 1. The SMILES string of the molecule is COc1cc(/C=N/NC(=O)Nc2cccc(Br)c2)ccc1O[C@H](C)C(=O)O. The van der Waals surface area contributed by atoms with E-state index in [1.54, 1.807) is 36.4 Å². The van der Waals surface area contributed by atoms with Crippen LogP contribution >= 0.6 is 15.9 Å². The number of amides is 2. The molecular weight excluding hydrogens is 418 g/mol. The van der Waals surface area contributed by atoms with Crippen molar-refractivity contribution in [3.05, 3.63) is 52.5 Å². The number of aliphatic carboxylic acids is 1. The van der Waals surface area contributed by atoms with Gasteiger partial charge in [0.25, 0.3) is 0 Å². The van der Waals surface area contributed by atoms with Gasteiger partial charge in [0.2, 0.25) is 0 Å². The van der Waals surface area contributed by atoms with Gasteiger partial charge in [-0.1, -0.05) is 22.0 Å². The fourth-order valence-electron chi connectivity index (χ4n) is 1.99. The largest absolute Gasteiger partial charge is 0.493 e. The predicted octanol–water partition coefficient (Wildman–Crippen LogP) is 3.47. The van der Waals surface area contributed by atoms with Crippen LogP contribution < -0.4 is 20.2 Å². The average molecular weight is 436 g/mol. The van der Waals surface area contributed by atoms with Gasteiger partial charge in [-0.3, -0.25) is 0 Å². The molecule has 0 unspecified atom stereocenters. The van der Waals surface area contributed by atoms with Crippen LogP contribution in [0, 0.1) is 0 Å². The first kappa shape index (κ1) is 20.2. The molecule has 2 amide bonds. The second-order valence-electron chi connectivity index (χ2n) is 5.34. The number of carbonyl (C=O) groups excluding carboxylic acids is 1. The van der Waals surface area contributed by atoms with E-state index in [0.717, 1.165) is 4.47 Å². The van der Waals surface area contributed by atoms with Crippen LogP contribution in [0.3, 0.4) is 0 Å². The Balaban J connectivity index is 1.97. The molecule has 0 saturated carbocycles. The number of methoxy groups -OCH3 is 1. The number of hydrogen-bond acceptors (Lipinski definition) is 5. The van der Waals surface area contributed by atoms with Gasteiger partial charge in [-0.2, -0.15) is 5.10 Å². The van der Waals surface area contributed by atoms with Gasteiger partial charge in [0.15, 0.2) is 17.6 Å². The van der Waals surface area contributed by atoms with E-state index in [1.807, 2.05) is 6.07 Å². The molecular formula is C18H18BrN3O5. The van der Waals surface area contributed by atoms with Crippen molar-refractivity contribution in [2.24, 2.45) is 5.10 Å². The lowest BCUT2D eigenvalue weighted by atomic mass is 10.2. The summed E-state index contributed by atoms with van der Waals surface area (Å²) in [4.78, 5) is 22.7. The fraction of sp³-hybridized carbons (Fsp3) is 0.167. The summed E-state index contributed by atoms with van der Waals surface area (Å²) in [6.07, 6.45) is 0.412. The van der Waals surface area contributed by atoms with Crippen molar-refractivity contribution in [2.75, 3.05) is 12.4 Å². The molecule has 0 spiro atoms. The van der Waals surface area contributed by atoms with E-state index in [2.05, 4.69) is 31.8 Å². The molecule has 0 aliphatic rings. The highest BCUT2D eigenvalue weighted by atomic mass is 79.9. The zero-order valence-corrected chi connectivity index (χ0v) is 16.2. The molecule has 0 heterocycles. The topological polar surface area (TPSA) is 109 Å². The van der Waals surface area contributed by atoms with Crippen LogP contribution in [0.2, 0.25) is 0 Å². The van der Waals surface area contributed by atoms with Crippen LogP contribution in [-0.2, 0) is 4.79 Å². The van der Waals surface area contributed by atoms with E-state index in [4.69, 9.17) is 14.6 Å². The Labute approximate surface area is 164 Å². The Morgan fingerprint density at radius 3 is 2.67 bits per heavy atom. The van der Waals surface area contributed by atoms with Gasteiger partial charge < -0.3 is 19.9 Å². The number of carboxylic acid groups (broad SMARTS) is 1. The van der Waals surface area contributed by atoms with E-state index in [9.17, 15) is 9.59 Å². The fourth-order valence-corrected chi connectivity index (χ4v) is 2.39. The van der Waals surface area contributed by atoms with Gasteiger partial charge in [0, 0.05) is 10.2 Å². The first-order valence-corrected chi connectivity index (χ1v) is 8.61. The minimum absolute atomic E-state index is 0.296. The number of nitrogens with zero attached hydrogens (tertiary/aromatic N) is 1. The molecule has 0 radical (unpaired) electrons. The predicted molar refractivity (Wildman–Crippen MR) is 105 cm³/mol. The Hall–Kier alpha value is -3.07. The molecule has 2 rings (SSSR count). The van der Waals surface area contributed by atoms with Gasteiger partial charge in [-0.05, 0) is 48.9 Å². The third-order valence-corrected chi connectivity index (χ3v) is 3.79. The monoisotopic (exact) mass is 435 g/mol. The second kappa shape index (κ2) is 9.58. The highest BCUT2D eigenvalue weighted by Crippen LogP contribution is 2.28. The third-order valence-electron chi connectivity index (χ3n) is 3.30. The van der Waals surface area contributed by atoms with Crippen LogP contribution in [0.4, 0.5) is 10.5 Å². The molecule has 2 aromatic rings. The molecule has 0 aliphatic carbocycles. The smallest absolute Gasteiger partial charge is 0.344 e. The second-order valence-corrected chi connectivity index (χ2v) is 6.26. The highest BCUT2D eigenvalue weighted by molar-refractivity contribution is 9.10. The molecule has 1 atom stereocenters. The molecule has 27 heavy (non-hydrogen) atoms. The van der Waals surface area contributed by atoms with Crippen molar-refractivity contribution in [3.63, 3.8) is 0 Å². The molecule has 8 nitrogen and oxygen atoms in total. The first-order chi connectivity index (χ1) is 12.9. The number of nitrogens with one attached hydrogen (secondary N) is 2. The quantitative estimate of drug-likeness (QED) is 0.455. The summed E-state index contributed by atoms with van der Waals surface area (Å²) in [6, 6.07) is 11.5. The van der Waals surface area contributed by atoms with Crippen LogP contribution in [0.1, 0.15) is 12.5 Å². The van der Waals surface area contributed by atoms with E-state index >= 15 is 0 Å². The van der Waals surface area contributed by atoms with Crippen molar-refractivity contribution < 1.29 is 24.2 Å². The Morgan fingerprint density at radius 2 is 2.00 bits per heavy atom. The summed E-state index contributed by atoms with van der Waals surface area (Å²) >= 11 is 3.32. The van der Waals surface area contributed by atoms with Crippen LogP contribution in [0.25, 0.3) is 0 Å². The van der Waals surface area contributed by atoms with Crippen molar-refractivity contribution in [3.8, 4) is 11.5 Å². The van der Waals surface area contributed by atoms with E-state index in [0.29, 0.717) is 22.7 Å². The van der Waals surface area contributed by atoms with Crippen molar-refractivity contribution >= 4 is 39.8 Å². The van der Waals surface area contributed by atoms with Crippen molar-refractivity contribution in [1.29, 1.82) is 0 Å². The maximum Gasteiger partial charge on any atom is 0.344 e. The molecule has 0 saturated heterocycles. The molecule has 3 N–H and O–H groups in total. The minimum Gasteiger partial charge on any atom is -0.493 e. The number of carbonyl (C=O) groups is 2. The summed E-state index contributed by atoms with van der Waals surface area (Å²) in [5.41, 5.74) is 3.60. The Kier molecular flexibility index (Phi) is 7.18. The van der Waals surface area contributed by atoms with E-state index in [-0.39, 0.29) is 0 Å². The lowest BCUT2D eigenvalue weighted by molar-refractivity contribution is -0.144. The summed E-state index contributed by atoms with van der Waals surface area (Å²) in [6.45, 7) is 1.42. The third kappa shape index (κ3) is 6.30. The summed E-state index contributed by atoms with van der Waals surface area (Å²) in [5, 5.41) is 15.4. The summed E-state index contributed by atoms with van der Waals surface area (Å²) in [7, 11) is 1.44. The zero-order valence-electron chi connectivity index (χ0n) is 14.6. The number of anilines is 1. The maximum atomic E-state index is 11.8. The van der Waals surface area contributed by atoms with Gasteiger partial charge in [-0.15, -0.1) is 0 Å². The number of hydrogen-bond donors (Lipinski definition) is 3. The molecule has 0 aromatic heterocycles. The number of halogens is 1. The number of ether oxygens (including phenoxy) is 2. The highest BCUT2D eigenvalue weighted by Gasteiger charge is 2.15. The van der Waals surface area contributed by atoms with E-state index in [1.165, 1.54) is 20.2 Å².